The number of hydrogen-bond donors (Lipinski definition) is 1. The summed E-state index contributed by atoms with van der Waals surface area (Å²) in [6, 6.07) is 0.502. The molecule has 0 amide bonds. The van der Waals surface area contributed by atoms with Crippen molar-refractivity contribution >= 4 is 0 Å². The summed E-state index contributed by atoms with van der Waals surface area (Å²) in [6.07, 6.45) is 9.51. The van der Waals surface area contributed by atoms with Crippen LogP contribution in [0.5, 0.6) is 0 Å². The monoisotopic (exact) mass is 276 g/mol. The Balaban J connectivity index is 1.66. The lowest BCUT2D eigenvalue weighted by atomic mass is 9.74. The summed E-state index contributed by atoms with van der Waals surface area (Å²) in [5, 5.41) is 3.61. The van der Waals surface area contributed by atoms with Gasteiger partial charge in [-0.2, -0.15) is 0 Å². The maximum absolute atomic E-state index is 4.34. The van der Waals surface area contributed by atoms with Crippen LogP contribution in [-0.2, 0) is 6.54 Å². The molecule has 0 aliphatic carbocycles. The predicted octanol–water partition coefficient (Wildman–Crippen LogP) is 2.43. The molecule has 1 aromatic rings. The molecule has 0 radical (unpaired) electrons. The largest absolute Gasteiger partial charge is 0.331 e. The molecule has 1 atom stereocenters. The van der Waals surface area contributed by atoms with Crippen LogP contribution >= 0.6 is 0 Å². The van der Waals surface area contributed by atoms with Gasteiger partial charge in [0.1, 0.15) is 0 Å². The van der Waals surface area contributed by atoms with Crippen molar-refractivity contribution in [1.82, 2.24) is 19.8 Å². The number of aromatic nitrogens is 2. The van der Waals surface area contributed by atoms with Crippen molar-refractivity contribution in [1.29, 1.82) is 0 Å². The smallest absolute Gasteiger partial charge is 0.0951 e. The first-order chi connectivity index (χ1) is 9.69. The van der Waals surface area contributed by atoms with Gasteiger partial charge in [-0.15, -0.1) is 0 Å². The molecular formula is C16H28N4. The van der Waals surface area contributed by atoms with Crippen LogP contribution in [0.1, 0.15) is 51.3 Å². The molecule has 1 unspecified atom stereocenters. The van der Waals surface area contributed by atoms with Crippen LogP contribution < -0.4 is 5.32 Å². The summed E-state index contributed by atoms with van der Waals surface area (Å²) >= 11 is 0. The van der Waals surface area contributed by atoms with E-state index in [0.29, 0.717) is 11.5 Å². The summed E-state index contributed by atoms with van der Waals surface area (Å²) < 4.78 is 2.31. The zero-order valence-corrected chi connectivity index (χ0v) is 12.9. The molecule has 1 aromatic heterocycles. The molecule has 0 saturated carbocycles. The Morgan fingerprint density at radius 2 is 2.20 bits per heavy atom. The molecule has 1 spiro atoms. The normalized spacial score (nSPS) is 28.4. The van der Waals surface area contributed by atoms with Gasteiger partial charge in [-0.1, -0.05) is 0 Å². The van der Waals surface area contributed by atoms with Crippen LogP contribution in [-0.4, -0.2) is 40.6 Å². The summed E-state index contributed by atoms with van der Waals surface area (Å²) in [7, 11) is 0. The molecule has 2 aliphatic heterocycles. The van der Waals surface area contributed by atoms with Crippen LogP contribution in [0, 0.1) is 5.41 Å². The van der Waals surface area contributed by atoms with Crippen molar-refractivity contribution in [3.63, 3.8) is 0 Å². The molecule has 0 aromatic carbocycles. The van der Waals surface area contributed by atoms with Gasteiger partial charge in [0.05, 0.1) is 12.0 Å². The highest BCUT2D eigenvalue weighted by atomic mass is 15.2. The Morgan fingerprint density at radius 1 is 1.35 bits per heavy atom. The van der Waals surface area contributed by atoms with Crippen LogP contribution in [0.4, 0.5) is 0 Å². The third kappa shape index (κ3) is 2.91. The third-order valence-electron chi connectivity index (χ3n) is 4.99. The molecule has 4 nitrogen and oxygen atoms in total. The molecule has 3 heterocycles. The fraction of sp³-hybridized carbons (Fsp3) is 0.812. The van der Waals surface area contributed by atoms with Gasteiger partial charge in [0, 0.05) is 31.9 Å². The second kappa shape index (κ2) is 5.86. The average molecular weight is 276 g/mol. The molecule has 4 heteroatoms. The molecule has 2 saturated heterocycles. The lowest BCUT2D eigenvalue weighted by molar-refractivity contribution is 0.0585. The van der Waals surface area contributed by atoms with Crippen LogP contribution in [0.3, 0.4) is 0 Å². The van der Waals surface area contributed by atoms with E-state index in [1.165, 1.54) is 57.6 Å². The van der Waals surface area contributed by atoms with Gasteiger partial charge in [0.25, 0.3) is 0 Å². The lowest BCUT2D eigenvalue weighted by Crippen LogP contribution is -2.50. The molecule has 20 heavy (non-hydrogen) atoms. The Kier molecular flexibility index (Phi) is 4.13. The van der Waals surface area contributed by atoms with E-state index in [1.54, 1.807) is 0 Å². The van der Waals surface area contributed by atoms with Crippen LogP contribution in [0.2, 0.25) is 0 Å². The number of piperidine rings is 2. The molecule has 3 rings (SSSR count). The van der Waals surface area contributed by atoms with E-state index < -0.39 is 0 Å². The number of nitrogens with one attached hydrogen (secondary N) is 1. The minimum absolute atomic E-state index is 0.502. The fourth-order valence-electron chi connectivity index (χ4n) is 3.97. The number of likely N-dealkylation sites (tertiary alicyclic amines) is 1. The zero-order valence-electron chi connectivity index (χ0n) is 12.9. The predicted molar refractivity (Wildman–Crippen MR) is 81.7 cm³/mol. The topological polar surface area (TPSA) is 33.1 Å². The second-order valence-corrected chi connectivity index (χ2v) is 6.98. The first-order valence-corrected chi connectivity index (χ1v) is 8.12. The van der Waals surface area contributed by atoms with E-state index in [1.807, 2.05) is 12.5 Å². The molecule has 2 aliphatic rings. The Bertz CT molecular complexity index is 426. The lowest BCUT2D eigenvalue weighted by Gasteiger charge is -2.45. The molecule has 112 valence electrons. The highest BCUT2D eigenvalue weighted by molar-refractivity contribution is 5.01. The first-order valence-electron chi connectivity index (χ1n) is 8.12. The highest BCUT2D eigenvalue weighted by Gasteiger charge is 2.36. The standard InChI is InChI=1S/C16H28N4/c1-14(2)20-13-18-9-15(20)10-19-8-4-6-16(12-19)5-3-7-17-11-16/h9,13-14,17H,3-8,10-12H2,1-2H3. The second-order valence-electron chi connectivity index (χ2n) is 6.98. The molecule has 1 N–H and O–H groups in total. The summed E-state index contributed by atoms with van der Waals surface area (Å²) in [6.45, 7) is 10.4. The van der Waals surface area contributed by atoms with Crippen molar-refractivity contribution in [3.05, 3.63) is 18.2 Å². The third-order valence-corrected chi connectivity index (χ3v) is 4.99. The van der Waals surface area contributed by atoms with Gasteiger partial charge >= 0.3 is 0 Å². The van der Waals surface area contributed by atoms with Crippen LogP contribution in [0.25, 0.3) is 0 Å². The quantitative estimate of drug-likeness (QED) is 0.920. The van der Waals surface area contributed by atoms with Crippen molar-refractivity contribution in [3.8, 4) is 0 Å². The van der Waals surface area contributed by atoms with Crippen molar-refractivity contribution in [2.24, 2.45) is 5.41 Å². The van der Waals surface area contributed by atoms with E-state index >= 15 is 0 Å². The Labute approximate surface area is 122 Å². The number of hydrogen-bond acceptors (Lipinski definition) is 3. The summed E-state index contributed by atoms with van der Waals surface area (Å²) in [5.74, 6) is 0. The van der Waals surface area contributed by atoms with Gasteiger partial charge in [0.2, 0.25) is 0 Å². The fourth-order valence-corrected chi connectivity index (χ4v) is 3.97. The summed E-state index contributed by atoms with van der Waals surface area (Å²) in [5.41, 5.74) is 1.90. The average Bonchev–Trinajstić information content (AvgIpc) is 2.88. The highest BCUT2D eigenvalue weighted by Crippen LogP contribution is 2.36. The molecular weight excluding hydrogens is 248 g/mol. The van der Waals surface area contributed by atoms with Crippen molar-refractivity contribution in [2.45, 2.75) is 52.1 Å². The SMILES string of the molecule is CC(C)n1cncc1CN1CCCC2(CCCNC2)C1. The van der Waals surface area contributed by atoms with E-state index in [-0.39, 0.29) is 0 Å². The van der Waals surface area contributed by atoms with Gasteiger partial charge in [0.15, 0.2) is 0 Å². The van der Waals surface area contributed by atoms with Gasteiger partial charge in [-0.25, -0.2) is 4.98 Å². The zero-order chi connectivity index (χ0) is 14.0. The van der Waals surface area contributed by atoms with E-state index in [9.17, 15) is 0 Å². The maximum atomic E-state index is 4.34. The van der Waals surface area contributed by atoms with E-state index in [4.69, 9.17) is 0 Å². The van der Waals surface area contributed by atoms with Gasteiger partial charge < -0.3 is 9.88 Å². The van der Waals surface area contributed by atoms with Gasteiger partial charge in [-0.3, -0.25) is 4.90 Å². The van der Waals surface area contributed by atoms with Crippen molar-refractivity contribution in [2.75, 3.05) is 26.2 Å². The maximum Gasteiger partial charge on any atom is 0.0951 e. The number of rotatable bonds is 3. The summed E-state index contributed by atoms with van der Waals surface area (Å²) in [4.78, 5) is 6.98. The van der Waals surface area contributed by atoms with Gasteiger partial charge in [-0.05, 0) is 58.0 Å². The van der Waals surface area contributed by atoms with E-state index in [2.05, 4.69) is 33.6 Å². The van der Waals surface area contributed by atoms with Crippen molar-refractivity contribution < 1.29 is 0 Å². The molecule has 2 fully saturated rings. The van der Waals surface area contributed by atoms with E-state index in [0.717, 1.165) is 6.54 Å². The van der Waals surface area contributed by atoms with Crippen LogP contribution in [0.15, 0.2) is 12.5 Å². The minimum atomic E-state index is 0.502. The Morgan fingerprint density at radius 3 is 2.95 bits per heavy atom. The minimum Gasteiger partial charge on any atom is -0.331 e. The number of nitrogens with zero attached hydrogens (tertiary/aromatic N) is 3. The molecule has 0 bridgehead atoms. The first kappa shape index (κ1) is 14.1. The Hall–Kier alpha value is -0.870. The number of imidazole rings is 1.